The number of nitro groups is 1. The molecule has 0 spiro atoms. The molecular weight excluding hydrogens is 439 g/mol. The Morgan fingerprint density at radius 2 is 1.59 bits per heavy atom. The molecule has 1 unspecified atom stereocenters. The van der Waals surface area contributed by atoms with Gasteiger partial charge in [-0.1, -0.05) is 66.7 Å². The average Bonchev–Trinajstić information content (AvgIpc) is 2.85. The van der Waals surface area contributed by atoms with Crippen molar-refractivity contribution in [3.8, 4) is 0 Å². The summed E-state index contributed by atoms with van der Waals surface area (Å²) in [4.78, 5) is 38.4. The van der Waals surface area contributed by atoms with Crippen molar-refractivity contribution >= 4 is 11.6 Å². The number of ether oxygens (including phenoxy) is 1. The molecule has 1 aliphatic carbocycles. The molecule has 0 saturated heterocycles. The van der Waals surface area contributed by atoms with Gasteiger partial charge in [0, 0.05) is 17.7 Å². The van der Waals surface area contributed by atoms with E-state index in [4.69, 9.17) is 4.74 Å². The van der Waals surface area contributed by atoms with Gasteiger partial charge in [-0.2, -0.15) is 0 Å². The molecule has 5 rings (SSSR count). The number of hydrogen-bond acceptors (Lipinski definition) is 6. The summed E-state index contributed by atoms with van der Waals surface area (Å²) in [6.45, 7) is 0.171. The standard InChI is InChI=1S/C26H17FN2O5/c27-17-10-6-9-16(13-17)20-21-23(30)18-11-4-5-12-19(18)24(31)25(21)34-26(22(20)29(32)33)28-14-15-7-2-1-3-8-15/h1-13,20,28H,14H2. The lowest BCUT2D eigenvalue weighted by atomic mass is 9.77. The third kappa shape index (κ3) is 3.55. The van der Waals surface area contributed by atoms with Crippen LogP contribution in [-0.2, 0) is 11.3 Å². The van der Waals surface area contributed by atoms with Gasteiger partial charge in [0.15, 0.2) is 11.5 Å². The number of rotatable bonds is 5. The van der Waals surface area contributed by atoms with Crippen molar-refractivity contribution in [1.82, 2.24) is 5.32 Å². The Balaban J connectivity index is 1.68. The van der Waals surface area contributed by atoms with Crippen LogP contribution in [0.25, 0.3) is 0 Å². The topological polar surface area (TPSA) is 98.5 Å². The molecule has 3 aromatic rings. The van der Waals surface area contributed by atoms with E-state index in [9.17, 15) is 24.1 Å². The summed E-state index contributed by atoms with van der Waals surface area (Å²) in [6, 6.07) is 20.5. The summed E-state index contributed by atoms with van der Waals surface area (Å²) in [6.07, 6.45) is 0. The third-order valence-corrected chi connectivity index (χ3v) is 5.79. The molecule has 0 bridgehead atoms. The van der Waals surface area contributed by atoms with E-state index in [1.165, 1.54) is 30.3 Å². The molecule has 2 aliphatic rings. The van der Waals surface area contributed by atoms with Crippen LogP contribution in [0.15, 0.2) is 102 Å². The molecule has 1 N–H and O–H groups in total. The van der Waals surface area contributed by atoms with Gasteiger partial charge < -0.3 is 10.1 Å². The SMILES string of the molecule is O=C1C2=C(C(=O)c3ccccc31)C(c1cccc(F)c1)C([N+](=O)[O-])=C(NCc1ccccc1)O2. The van der Waals surface area contributed by atoms with Gasteiger partial charge in [-0.05, 0) is 23.3 Å². The van der Waals surface area contributed by atoms with Crippen molar-refractivity contribution in [2.45, 2.75) is 12.5 Å². The fraction of sp³-hybridized carbons (Fsp3) is 0.0769. The number of fused-ring (bicyclic) bond motifs is 1. The predicted octanol–water partition coefficient (Wildman–Crippen LogP) is 4.51. The van der Waals surface area contributed by atoms with Gasteiger partial charge in [0.25, 0.3) is 5.88 Å². The minimum Gasteiger partial charge on any atom is -0.431 e. The molecule has 0 saturated carbocycles. The normalized spacial score (nSPS) is 17.1. The van der Waals surface area contributed by atoms with Crippen molar-refractivity contribution in [2.24, 2.45) is 0 Å². The van der Waals surface area contributed by atoms with E-state index in [1.54, 1.807) is 12.1 Å². The number of ketones is 2. The summed E-state index contributed by atoms with van der Waals surface area (Å²) >= 11 is 0. The number of halogens is 1. The van der Waals surface area contributed by atoms with Crippen molar-refractivity contribution in [1.29, 1.82) is 0 Å². The van der Waals surface area contributed by atoms with E-state index in [0.717, 1.165) is 11.6 Å². The predicted molar refractivity (Wildman–Crippen MR) is 120 cm³/mol. The molecular formula is C26H17FN2O5. The first-order valence-corrected chi connectivity index (χ1v) is 10.5. The van der Waals surface area contributed by atoms with E-state index < -0.39 is 33.9 Å². The van der Waals surface area contributed by atoms with Gasteiger partial charge in [-0.25, -0.2) is 4.39 Å². The highest BCUT2D eigenvalue weighted by Gasteiger charge is 2.48. The maximum Gasteiger partial charge on any atom is 0.317 e. The molecule has 0 amide bonds. The van der Waals surface area contributed by atoms with E-state index in [-0.39, 0.29) is 40.5 Å². The molecule has 1 heterocycles. The number of Topliss-reactive ketones (excluding diaryl/α,β-unsaturated/α-hetero) is 2. The second-order valence-electron chi connectivity index (χ2n) is 7.85. The van der Waals surface area contributed by atoms with Gasteiger partial charge in [0.1, 0.15) is 11.7 Å². The lowest BCUT2D eigenvalue weighted by molar-refractivity contribution is -0.433. The van der Waals surface area contributed by atoms with E-state index >= 15 is 0 Å². The highest BCUT2D eigenvalue weighted by molar-refractivity contribution is 6.27. The second-order valence-corrected chi connectivity index (χ2v) is 7.85. The van der Waals surface area contributed by atoms with Crippen LogP contribution in [0.5, 0.6) is 0 Å². The largest absolute Gasteiger partial charge is 0.431 e. The van der Waals surface area contributed by atoms with Crippen LogP contribution in [-0.4, -0.2) is 16.5 Å². The number of carbonyl (C=O) groups is 2. The second kappa shape index (κ2) is 8.40. The number of hydrogen-bond donors (Lipinski definition) is 1. The van der Waals surface area contributed by atoms with Gasteiger partial charge in [0.05, 0.1) is 10.5 Å². The Morgan fingerprint density at radius 3 is 2.26 bits per heavy atom. The summed E-state index contributed by atoms with van der Waals surface area (Å²) in [7, 11) is 0. The lowest BCUT2D eigenvalue weighted by Crippen LogP contribution is -2.35. The van der Waals surface area contributed by atoms with Crippen molar-refractivity contribution in [2.75, 3.05) is 0 Å². The molecule has 1 aliphatic heterocycles. The Morgan fingerprint density at radius 1 is 0.912 bits per heavy atom. The molecule has 1 atom stereocenters. The maximum atomic E-state index is 14.2. The van der Waals surface area contributed by atoms with Crippen LogP contribution in [0.4, 0.5) is 4.39 Å². The zero-order valence-electron chi connectivity index (χ0n) is 17.7. The number of nitrogens with one attached hydrogen (secondary N) is 1. The summed E-state index contributed by atoms with van der Waals surface area (Å²) in [5, 5.41) is 15.2. The monoisotopic (exact) mass is 456 g/mol. The lowest BCUT2D eigenvalue weighted by Gasteiger charge is -2.30. The third-order valence-electron chi connectivity index (χ3n) is 5.79. The first-order valence-electron chi connectivity index (χ1n) is 10.5. The fourth-order valence-corrected chi connectivity index (χ4v) is 4.26. The quantitative estimate of drug-likeness (QED) is 0.448. The molecule has 34 heavy (non-hydrogen) atoms. The van der Waals surface area contributed by atoms with Gasteiger partial charge >= 0.3 is 5.70 Å². The number of allylic oxidation sites excluding steroid dienone is 2. The summed E-state index contributed by atoms with van der Waals surface area (Å²) < 4.78 is 19.9. The maximum absolute atomic E-state index is 14.2. The van der Waals surface area contributed by atoms with E-state index in [0.29, 0.717) is 0 Å². The zero-order valence-corrected chi connectivity index (χ0v) is 17.7. The van der Waals surface area contributed by atoms with Gasteiger partial charge in [-0.15, -0.1) is 0 Å². The Bertz CT molecular complexity index is 1410. The number of benzene rings is 3. The minimum atomic E-state index is -1.31. The number of carbonyl (C=O) groups excluding carboxylic acids is 2. The molecule has 0 radical (unpaired) electrons. The summed E-state index contributed by atoms with van der Waals surface area (Å²) in [5.41, 5.74) is 0.615. The van der Waals surface area contributed by atoms with Crippen LogP contribution in [0.2, 0.25) is 0 Å². The van der Waals surface area contributed by atoms with Crippen molar-refractivity contribution < 1.29 is 23.6 Å². The first kappa shape index (κ1) is 21.3. The van der Waals surface area contributed by atoms with Crippen molar-refractivity contribution in [3.05, 3.63) is 140 Å². The van der Waals surface area contributed by atoms with Crippen LogP contribution in [0.3, 0.4) is 0 Å². The summed E-state index contributed by atoms with van der Waals surface area (Å²) in [5.74, 6) is -3.62. The molecule has 168 valence electrons. The highest BCUT2D eigenvalue weighted by Crippen LogP contribution is 2.45. The first-order chi connectivity index (χ1) is 16.5. The average molecular weight is 456 g/mol. The molecule has 3 aromatic carbocycles. The molecule has 7 nitrogen and oxygen atoms in total. The highest BCUT2D eigenvalue weighted by atomic mass is 19.1. The number of nitrogens with zero attached hydrogens (tertiary/aromatic N) is 1. The van der Waals surface area contributed by atoms with E-state index in [1.807, 2.05) is 30.3 Å². The molecule has 0 aromatic heterocycles. The minimum absolute atomic E-state index is 0.125. The molecule has 0 fully saturated rings. The zero-order chi connectivity index (χ0) is 23.8. The Labute approximate surface area is 193 Å². The van der Waals surface area contributed by atoms with Gasteiger partial charge in [0.2, 0.25) is 5.78 Å². The van der Waals surface area contributed by atoms with Crippen LogP contribution in [0, 0.1) is 15.9 Å². The Kier molecular flexibility index (Phi) is 5.25. The Hall–Kier alpha value is -4.59. The van der Waals surface area contributed by atoms with Gasteiger partial charge in [-0.3, -0.25) is 19.7 Å². The van der Waals surface area contributed by atoms with Crippen LogP contribution >= 0.6 is 0 Å². The smallest absolute Gasteiger partial charge is 0.317 e. The van der Waals surface area contributed by atoms with Crippen LogP contribution in [0.1, 0.15) is 37.8 Å². The van der Waals surface area contributed by atoms with Crippen LogP contribution < -0.4 is 5.32 Å². The fourth-order valence-electron chi connectivity index (χ4n) is 4.26. The van der Waals surface area contributed by atoms with Crippen molar-refractivity contribution in [3.63, 3.8) is 0 Å². The molecule has 8 heteroatoms. The van der Waals surface area contributed by atoms with E-state index in [2.05, 4.69) is 5.32 Å².